The molecule has 0 fully saturated rings. The van der Waals surface area contributed by atoms with E-state index >= 15 is 0 Å². The van der Waals surface area contributed by atoms with Gasteiger partial charge < -0.3 is 15.2 Å². The van der Waals surface area contributed by atoms with Crippen LogP contribution in [0.15, 0.2) is 42.6 Å². The molecule has 0 saturated carbocycles. The average Bonchev–Trinajstić information content (AvgIpc) is 2.72. The van der Waals surface area contributed by atoms with Crippen LogP contribution in [0.1, 0.15) is 12.6 Å². The normalized spacial score (nSPS) is 10.1. The number of carbonyl (C=O) groups is 1. The molecule has 18 heavy (non-hydrogen) atoms. The molecule has 0 saturated heterocycles. The summed E-state index contributed by atoms with van der Waals surface area (Å²) in [7, 11) is 2.02. The molecule has 0 spiro atoms. The van der Waals surface area contributed by atoms with Crippen molar-refractivity contribution >= 4 is 17.3 Å². The number of carbonyl (C=O) groups excluding carboxylic acids is 1. The summed E-state index contributed by atoms with van der Waals surface area (Å²) in [6.45, 7) is 2.26. The average molecular weight is 243 g/mol. The molecule has 1 amide bonds. The van der Waals surface area contributed by atoms with Gasteiger partial charge >= 0.3 is 0 Å². The maximum Gasteiger partial charge on any atom is 0.221 e. The van der Waals surface area contributed by atoms with E-state index < -0.39 is 0 Å². The van der Waals surface area contributed by atoms with Gasteiger partial charge in [0.1, 0.15) is 0 Å². The summed E-state index contributed by atoms with van der Waals surface area (Å²) in [5.41, 5.74) is 3.00. The quantitative estimate of drug-likeness (QED) is 0.867. The zero-order valence-electron chi connectivity index (χ0n) is 10.6. The lowest BCUT2D eigenvalue weighted by Gasteiger charge is -2.09. The van der Waals surface area contributed by atoms with E-state index in [9.17, 15) is 4.79 Å². The lowest BCUT2D eigenvalue weighted by Crippen LogP contribution is -2.07. The van der Waals surface area contributed by atoms with Crippen LogP contribution >= 0.6 is 0 Å². The Morgan fingerprint density at radius 1 is 1.22 bits per heavy atom. The Morgan fingerprint density at radius 2 is 2.00 bits per heavy atom. The van der Waals surface area contributed by atoms with Crippen LogP contribution in [0.4, 0.5) is 11.4 Å². The van der Waals surface area contributed by atoms with Gasteiger partial charge in [0, 0.05) is 37.2 Å². The van der Waals surface area contributed by atoms with Gasteiger partial charge in [-0.15, -0.1) is 0 Å². The first-order valence-electron chi connectivity index (χ1n) is 5.87. The third-order valence-corrected chi connectivity index (χ3v) is 2.71. The van der Waals surface area contributed by atoms with E-state index in [1.807, 2.05) is 43.6 Å². The van der Waals surface area contributed by atoms with Gasteiger partial charge in [0.05, 0.1) is 6.54 Å². The third kappa shape index (κ3) is 3.13. The fourth-order valence-electron chi connectivity index (χ4n) is 1.78. The number of hydrogen-bond donors (Lipinski definition) is 2. The minimum atomic E-state index is -0.0606. The molecule has 0 aliphatic carbocycles. The molecule has 1 aromatic heterocycles. The largest absolute Gasteiger partial charge is 0.379 e. The molecule has 2 N–H and O–H groups in total. The Balaban J connectivity index is 2.01. The smallest absolute Gasteiger partial charge is 0.221 e. The van der Waals surface area contributed by atoms with Gasteiger partial charge in [-0.25, -0.2) is 0 Å². The predicted octanol–water partition coefficient (Wildman–Crippen LogP) is 2.60. The van der Waals surface area contributed by atoms with Crippen molar-refractivity contribution in [1.29, 1.82) is 0 Å². The summed E-state index contributed by atoms with van der Waals surface area (Å²) < 4.78 is 2.07. The topological polar surface area (TPSA) is 46.1 Å². The van der Waals surface area contributed by atoms with Crippen LogP contribution in [0.3, 0.4) is 0 Å². The molecule has 0 aliphatic heterocycles. The summed E-state index contributed by atoms with van der Waals surface area (Å²) in [6.07, 6.45) is 2.02. The second kappa shape index (κ2) is 5.40. The minimum Gasteiger partial charge on any atom is -0.379 e. The number of rotatable bonds is 4. The van der Waals surface area contributed by atoms with Crippen LogP contribution < -0.4 is 10.6 Å². The van der Waals surface area contributed by atoms with Crippen molar-refractivity contribution < 1.29 is 4.79 Å². The van der Waals surface area contributed by atoms with E-state index in [4.69, 9.17) is 0 Å². The Hall–Kier alpha value is -2.23. The van der Waals surface area contributed by atoms with Crippen LogP contribution in [-0.4, -0.2) is 10.5 Å². The second-order valence-corrected chi connectivity index (χ2v) is 4.23. The lowest BCUT2D eigenvalue weighted by atomic mass is 10.2. The molecule has 0 aliphatic rings. The second-order valence-electron chi connectivity index (χ2n) is 4.23. The number of benzene rings is 1. The third-order valence-electron chi connectivity index (χ3n) is 2.71. The van der Waals surface area contributed by atoms with Gasteiger partial charge in [-0.2, -0.15) is 0 Å². The molecule has 1 heterocycles. The standard InChI is InChI=1S/C14H17N3O/c1-11(18)16-13-6-3-5-12(9-13)15-10-14-7-4-8-17(14)2/h3-9,15H,10H2,1-2H3,(H,16,18). The number of anilines is 2. The highest BCUT2D eigenvalue weighted by Gasteiger charge is 1.99. The van der Waals surface area contributed by atoms with E-state index in [0.29, 0.717) is 0 Å². The zero-order chi connectivity index (χ0) is 13.0. The van der Waals surface area contributed by atoms with E-state index in [-0.39, 0.29) is 5.91 Å². The van der Waals surface area contributed by atoms with Gasteiger partial charge in [0.15, 0.2) is 0 Å². The van der Waals surface area contributed by atoms with Gasteiger partial charge in [0.25, 0.3) is 0 Å². The molecule has 0 atom stereocenters. The number of nitrogens with one attached hydrogen (secondary N) is 2. The van der Waals surface area contributed by atoms with Crippen LogP contribution in [0.5, 0.6) is 0 Å². The minimum absolute atomic E-state index is 0.0606. The Bertz CT molecular complexity index is 545. The highest BCUT2D eigenvalue weighted by atomic mass is 16.1. The summed E-state index contributed by atoms with van der Waals surface area (Å²) in [5.74, 6) is -0.0606. The lowest BCUT2D eigenvalue weighted by molar-refractivity contribution is -0.114. The summed E-state index contributed by atoms with van der Waals surface area (Å²) in [4.78, 5) is 11.0. The van der Waals surface area contributed by atoms with Crippen molar-refractivity contribution in [3.05, 3.63) is 48.3 Å². The number of hydrogen-bond acceptors (Lipinski definition) is 2. The van der Waals surface area contributed by atoms with Crippen LogP contribution in [-0.2, 0) is 18.4 Å². The van der Waals surface area contributed by atoms with E-state index in [1.165, 1.54) is 12.6 Å². The Labute approximate surface area is 107 Å². The molecular weight excluding hydrogens is 226 g/mol. The molecule has 4 heteroatoms. The highest BCUT2D eigenvalue weighted by Crippen LogP contribution is 2.16. The SMILES string of the molecule is CC(=O)Nc1cccc(NCc2cccn2C)c1. The fraction of sp³-hybridized carbons (Fsp3) is 0.214. The summed E-state index contributed by atoms with van der Waals surface area (Å²) in [5, 5.41) is 6.09. The molecule has 2 aromatic rings. The Morgan fingerprint density at radius 3 is 2.67 bits per heavy atom. The highest BCUT2D eigenvalue weighted by molar-refractivity contribution is 5.89. The summed E-state index contributed by atoms with van der Waals surface area (Å²) >= 11 is 0. The van der Waals surface area contributed by atoms with Crippen LogP contribution in [0.25, 0.3) is 0 Å². The zero-order valence-corrected chi connectivity index (χ0v) is 10.6. The molecule has 0 unspecified atom stereocenters. The maximum absolute atomic E-state index is 11.0. The first-order chi connectivity index (χ1) is 8.65. The first-order valence-corrected chi connectivity index (χ1v) is 5.87. The van der Waals surface area contributed by atoms with Gasteiger partial charge in [-0.05, 0) is 30.3 Å². The molecule has 4 nitrogen and oxygen atoms in total. The molecule has 0 bridgehead atoms. The van der Waals surface area contributed by atoms with Gasteiger partial charge in [-0.3, -0.25) is 4.79 Å². The maximum atomic E-state index is 11.0. The molecule has 1 aromatic carbocycles. The molecule has 0 radical (unpaired) electrons. The van der Waals surface area contributed by atoms with Crippen molar-refractivity contribution in [3.8, 4) is 0 Å². The van der Waals surface area contributed by atoms with Crippen molar-refractivity contribution in [2.24, 2.45) is 7.05 Å². The van der Waals surface area contributed by atoms with Crippen molar-refractivity contribution in [3.63, 3.8) is 0 Å². The van der Waals surface area contributed by atoms with Crippen molar-refractivity contribution in [2.75, 3.05) is 10.6 Å². The van der Waals surface area contributed by atoms with Crippen LogP contribution in [0.2, 0.25) is 0 Å². The van der Waals surface area contributed by atoms with E-state index in [2.05, 4.69) is 21.3 Å². The van der Waals surface area contributed by atoms with Gasteiger partial charge in [0.2, 0.25) is 5.91 Å². The van der Waals surface area contributed by atoms with Crippen LogP contribution in [0, 0.1) is 0 Å². The Kier molecular flexibility index (Phi) is 3.67. The fourth-order valence-corrected chi connectivity index (χ4v) is 1.78. The first kappa shape index (κ1) is 12.2. The monoisotopic (exact) mass is 243 g/mol. The van der Waals surface area contributed by atoms with Crippen molar-refractivity contribution in [1.82, 2.24) is 4.57 Å². The number of aromatic nitrogens is 1. The number of amides is 1. The molecule has 94 valence electrons. The van der Waals surface area contributed by atoms with E-state index in [1.54, 1.807) is 0 Å². The van der Waals surface area contributed by atoms with Gasteiger partial charge in [-0.1, -0.05) is 6.07 Å². The van der Waals surface area contributed by atoms with E-state index in [0.717, 1.165) is 17.9 Å². The number of aryl methyl sites for hydroxylation is 1. The summed E-state index contributed by atoms with van der Waals surface area (Å²) in [6, 6.07) is 11.8. The predicted molar refractivity (Wildman–Crippen MR) is 73.5 cm³/mol. The molecule has 2 rings (SSSR count). The molecular formula is C14H17N3O. The van der Waals surface area contributed by atoms with Crippen molar-refractivity contribution in [2.45, 2.75) is 13.5 Å². The number of nitrogens with zero attached hydrogens (tertiary/aromatic N) is 1.